The van der Waals surface area contributed by atoms with Gasteiger partial charge in [-0.05, 0) is 12.1 Å². The van der Waals surface area contributed by atoms with Crippen molar-refractivity contribution in [3.05, 3.63) is 29.3 Å². The maximum Gasteiger partial charge on any atom is 0.251 e. The molecule has 106 valence electrons. The second kappa shape index (κ2) is 7.15. The average Bonchev–Trinajstić information content (AvgIpc) is 2.37. The number of amides is 1. The van der Waals surface area contributed by atoms with Gasteiger partial charge in [-0.1, -0.05) is 6.92 Å². The van der Waals surface area contributed by atoms with Gasteiger partial charge in [-0.25, -0.2) is 8.78 Å². The topological polar surface area (TPSA) is 84.2 Å². The summed E-state index contributed by atoms with van der Waals surface area (Å²) in [6.45, 7) is 1.95. The van der Waals surface area contributed by atoms with Gasteiger partial charge in [0.2, 0.25) is 0 Å². The van der Waals surface area contributed by atoms with E-state index in [0.29, 0.717) is 11.5 Å². The van der Waals surface area contributed by atoms with Gasteiger partial charge in [0.1, 0.15) is 5.69 Å². The van der Waals surface area contributed by atoms with Crippen LogP contribution in [0.5, 0.6) is 0 Å². The van der Waals surface area contributed by atoms with Crippen LogP contribution in [0.25, 0.3) is 0 Å². The molecule has 0 aliphatic carbocycles. The molecule has 0 fully saturated rings. The predicted octanol–water partition coefficient (Wildman–Crippen LogP) is 0.749. The fourth-order valence-electron chi connectivity index (χ4n) is 1.37. The number of hydrogen-bond donors (Lipinski definition) is 3. The van der Waals surface area contributed by atoms with Crippen LogP contribution in [-0.4, -0.2) is 28.2 Å². The molecule has 8 heteroatoms. The highest BCUT2D eigenvalue weighted by atomic mass is 32.2. The van der Waals surface area contributed by atoms with Crippen molar-refractivity contribution in [3.63, 3.8) is 0 Å². The summed E-state index contributed by atoms with van der Waals surface area (Å²) in [5.74, 6) is 3.20. The monoisotopic (exact) mass is 291 g/mol. The molecule has 0 heterocycles. The maximum atomic E-state index is 13.4. The van der Waals surface area contributed by atoms with Crippen LogP contribution in [0.1, 0.15) is 17.3 Å². The van der Waals surface area contributed by atoms with Crippen LogP contribution in [0.3, 0.4) is 0 Å². The molecule has 1 unspecified atom stereocenters. The lowest BCUT2D eigenvalue weighted by molar-refractivity contribution is 0.0955. The van der Waals surface area contributed by atoms with Gasteiger partial charge in [0, 0.05) is 34.4 Å². The first-order chi connectivity index (χ1) is 8.99. The van der Waals surface area contributed by atoms with Gasteiger partial charge in [0.25, 0.3) is 5.91 Å². The number of benzene rings is 1. The summed E-state index contributed by atoms with van der Waals surface area (Å²) >= 11 is 0. The third-order valence-electron chi connectivity index (χ3n) is 2.39. The van der Waals surface area contributed by atoms with Crippen LogP contribution in [0, 0.1) is 11.6 Å². The summed E-state index contributed by atoms with van der Waals surface area (Å²) in [4.78, 5) is 11.6. The Hall–Kier alpha value is -1.54. The Morgan fingerprint density at radius 1 is 1.37 bits per heavy atom. The van der Waals surface area contributed by atoms with Crippen molar-refractivity contribution in [2.45, 2.75) is 6.92 Å². The zero-order valence-corrected chi connectivity index (χ0v) is 11.2. The van der Waals surface area contributed by atoms with Crippen LogP contribution in [0.15, 0.2) is 12.1 Å². The lowest BCUT2D eigenvalue weighted by Gasteiger charge is -2.08. The molecular formula is C11H15F2N3O2S. The number of hydrazine groups is 1. The first kappa shape index (κ1) is 15.5. The molecule has 4 N–H and O–H groups in total. The van der Waals surface area contributed by atoms with Crippen molar-refractivity contribution in [1.29, 1.82) is 0 Å². The smallest absolute Gasteiger partial charge is 0.251 e. The standard InChI is InChI=1S/C11H15F2N3O2S/c1-2-19(18)4-3-15-11(17)7-5-8(12)10(16-14)9(13)6-7/h5-6,16H,2-4,14H2,1H3,(H,15,17). The Morgan fingerprint density at radius 2 is 1.95 bits per heavy atom. The molecule has 0 aliphatic heterocycles. The SMILES string of the molecule is CCS(=O)CCNC(=O)c1cc(F)c(NN)c(F)c1. The van der Waals surface area contributed by atoms with E-state index in [-0.39, 0.29) is 12.1 Å². The molecule has 19 heavy (non-hydrogen) atoms. The summed E-state index contributed by atoms with van der Waals surface area (Å²) in [7, 11) is -1.00. The van der Waals surface area contributed by atoms with Crippen LogP contribution in [0.4, 0.5) is 14.5 Å². The second-order valence-corrected chi connectivity index (χ2v) is 5.51. The third kappa shape index (κ3) is 4.25. The van der Waals surface area contributed by atoms with Gasteiger partial charge >= 0.3 is 0 Å². The molecule has 1 amide bonds. The van der Waals surface area contributed by atoms with Crippen molar-refractivity contribution in [2.75, 3.05) is 23.5 Å². The Bertz CT molecular complexity index is 474. The quantitative estimate of drug-likeness (QED) is 0.533. The number of hydrogen-bond acceptors (Lipinski definition) is 4. The molecule has 0 bridgehead atoms. The highest BCUT2D eigenvalue weighted by molar-refractivity contribution is 7.84. The van der Waals surface area contributed by atoms with Gasteiger partial charge in [0.15, 0.2) is 11.6 Å². The van der Waals surface area contributed by atoms with E-state index in [1.807, 2.05) is 5.43 Å². The van der Waals surface area contributed by atoms with Crippen molar-refractivity contribution < 1.29 is 17.8 Å². The van der Waals surface area contributed by atoms with E-state index >= 15 is 0 Å². The fraction of sp³-hybridized carbons (Fsp3) is 0.364. The highest BCUT2D eigenvalue weighted by Gasteiger charge is 2.14. The zero-order valence-electron chi connectivity index (χ0n) is 10.3. The molecule has 0 saturated carbocycles. The molecule has 0 aromatic heterocycles. The van der Waals surface area contributed by atoms with E-state index in [4.69, 9.17) is 5.84 Å². The molecule has 1 atom stereocenters. The molecular weight excluding hydrogens is 276 g/mol. The van der Waals surface area contributed by atoms with E-state index < -0.39 is 34.0 Å². The van der Waals surface area contributed by atoms with E-state index in [1.54, 1.807) is 6.92 Å². The molecule has 1 rings (SSSR count). The highest BCUT2D eigenvalue weighted by Crippen LogP contribution is 2.19. The molecule has 5 nitrogen and oxygen atoms in total. The van der Waals surface area contributed by atoms with Crippen molar-refractivity contribution in [3.8, 4) is 0 Å². The first-order valence-corrected chi connectivity index (χ1v) is 7.07. The number of nitrogen functional groups attached to an aromatic ring is 1. The van der Waals surface area contributed by atoms with Crippen LogP contribution >= 0.6 is 0 Å². The zero-order chi connectivity index (χ0) is 14.4. The number of carbonyl (C=O) groups excluding carboxylic acids is 1. The number of halogens is 2. The number of nitrogens with two attached hydrogens (primary N) is 1. The minimum absolute atomic E-state index is 0.156. The Balaban J connectivity index is 2.70. The third-order valence-corrected chi connectivity index (χ3v) is 3.69. The lowest BCUT2D eigenvalue weighted by Crippen LogP contribution is -2.28. The van der Waals surface area contributed by atoms with Gasteiger partial charge in [-0.3, -0.25) is 14.8 Å². The fourth-order valence-corrected chi connectivity index (χ4v) is 1.99. The summed E-state index contributed by atoms with van der Waals surface area (Å²) in [6.07, 6.45) is 0. The van der Waals surface area contributed by atoms with Gasteiger partial charge < -0.3 is 10.7 Å². The van der Waals surface area contributed by atoms with Gasteiger partial charge in [-0.2, -0.15) is 0 Å². The summed E-state index contributed by atoms with van der Waals surface area (Å²) in [5, 5.41) is 2.44. The van der Waals surface area contributed by atoms with E-state index in [1.165, 1.54) is 0 Å². The number of rotatable bonds is 6. The van der Waals surface area contributed by atoms with E-state index in [0.717, 1.165) is 12.1 Å². The second-order valence-electron chi connectivity index (χ2n) is 3.65. The van der Waals surface area contributed by atoms with E-state index in [2.05, 4.69) is 5.32 Å². The van der Waals surface area contributed by atoms with Gasteiger partial charge in [-0.15, -0.1) is 0 Å². The molecule has 0 spiro atoms. The molecule has 0 aliphatic rings. The summed E-state index contributed by atoms with van der Waals surface area (Å²) in [5.41, 5.74) is 1.22. The minimum atomic E-state index is -1.00. The van der Waals surface area contributed by atoms with Crippen molar-refractivity contribution >= 4 is 22.4 Å². The largest absolute Gasteiger partial charge is 0.351 e. The average molecular weight is 291 g/mol. The normalized spacial score (nSPS) is 12.0. The Labute approximate surface area is 112 Å². The van der Waals surface area contributed by atoms with Crippen molar-refractivity contribution in [1.82, 2.24) is 5.32 Å². The minimum Gasteiger partial charge on any atom is -0.351 e. The van der Waals surface area contributed by atoms with E-state index in [9.17, 15) is 17.8 Å². The number of anilines is 1. The molecule has 1 aromatic rings. The van der Waals surface area contributed by atoms with Crippen LogP contribution < -0.4 is 16.6 Å². The predicted molar refractivity (Wildman–Crippen MR) is 70.1 cm³/mol. The van der Waals surface area contributed by atoms with Crippen molar-refractivity contribution in [2.24, 2.45) is 5.84 Å². The maximum absolute atomic E-state index is 13.4. The Kier molecular flexibility index (Phi) is 5.84. The molecule has 1 aromatic carbocycles. The number of carbonyl (C=O) groups is 1. The van der Waals surface area contributed by atoms with Crippen LogP contribution in [0.2, 0.25) is 0 Å². The first-order valence-electron chi connectivity index (χ1n) is 5.58. The Morgan fingerprint density at radius 3 is 2.42 bits per heavy atom. The molecule has 0 saturated heterocycles. The van der Waals surface area contributed by atoms with Crippen LogP contribution in [-0.2, 0) is 10.8 Å². The summed E-state index contributed by atoms with van der Waals surface area (Å²) in [6, 6.07) is 1.76. The lowest BCUT2D eigenvalue weighted by atomic mass is 10.1. The van der Waals surface area contributed by atoms with Gasteiger partial charge in [0.05, 0.1) is 0 Å². The molecule has 0 radical (unpaired) electrons. The number of nitrogens with one attached hydrogen (secondary N) is 2. The summed E-state index contributed by atoms with van der Waals surface area (Å²) < 4.78 is 37.9.